The summed E-state index contributed by atoms with van der Waals surface area (Å²) < 4.78 is 0.981. The van der Waals surface area contributed by atoms with E-state index in [4.69, 9.17) is 0 Å². The highest BCUT2D eigenvalue weighted by Gasteiger charge is 2.12. The SMILES string of the molecule is O=C(Nc1ccccc1)c1ccc2ccccc2c1I. The largest absolute Gasteiger partial charge is 0.322 e. The summed E-state index contributed by atoms with van der Waals surface area (Å²) in [5.74, 6) is -0.0775. The van der Waals surface area contributed by atoms with Crippen molar-refractivity contribution < 1.29 is 4.79 Å². The zero-order valence-electron chi connectivity index (χ0n) is 10.6. The van der Waals surface area contributed by atoms with Gasteiger partial charge in [-0.25, -0.2) is 0 Å². The minimum absolute atomic E-state index is 0.0775. The Morgan fingerprint density at radius 1 is 0.850 bits per heavy atom. The summed E-state index contributed by atoms with van der Waals surface area (Å²) in [6.45, 7) is 0. The van der Waals surface area contributed by atoms with Gasteiger partial charge in [0.2, 0.25) is 0 Å². The number of hydrogen-bond acceptors (Lipinski definition) is 1. The fraction of sp³-hybridized carbons (Fsp3) is 0. The second-order valence-electron chi connectivity index (χ2n) is 4.47. The number of fused-ring (bicyclic) bond motifs is 1. The van der Waals surface area contributed by atoms with Gasteiger partial charge in [0.05, 0.1) is 5.56 Å². The zero-order chi connectivity index (χ0) is 13.9. The van der Waals surface area contributed by atoms with Crippen molar-refractivity contribution >= 4 is 45.0 Å². The Morgan fingerprint density at radius 3 is 2.35 bits per heavy atom. The van der Waals surface area contributed by atoms with Crippen LogP contribution in [0.1, 0.15) is 10.4 Å². The van der Waals surface area contributed by atoms with Crippen LogP contribution < -0.4 is 5.32 Å². The van der Waals surface area contributed by atoms with E-state index in [2.05, 4.69) is 34.0 Å². The monoisotopic (exact) mass is 373 g/mol. The van der Waals surface area contributed by atoms with Crippen molar-refractivity contribution in [3.8, 4) is 0 Å². The maximum atomic E-state index is 12.4. The molecule has 98 valence electrons. The second kappa shape index (κ2) is 5.63. The van der Waals surface area contributed by atoms with Crippen LogP contribution in [0, 0.1) is 3.57 Å². The summed E-state index contributed by atoms with van der Waals surface area (Å²) in [7, 11) is 0. The van der Waals surface area contributed by atoms with Crippen molar-refractivity contribution in [1.82, 2.24) is 0 Å². The van der Waals surface area contributed by atoms with Gasteiger partial charge in [-0.05, 0) is 51.6 Å². The smallest absolute Gasteiger partial charge is 0.256 e. The Labute approximate surface area is 131 Å². The summed E-state index contributed by atoms with van der Waals surface area (Å²) in [5.41, 5.74) is 1.51. The standard InChI is InChI=1S/C17H12INO/c18-16-14-9-5-4-6-12(14)10-11-15(16)17(20)19-13-7-2-1-3-8-13/h1-11H,(H,19,20). The number of para-hydroxylation sites is 1. The average molecular weight is 373 g/mol. The van der Waals surface area contributed by atoms with Crippen molar-refractivity contribution in [2.45, 2.75) is 0 Å². The molecule has 0 aliphatic rings. The van der Waals surface area contributed by atoms with Gasteiger partial charge in [-0.1, -0.05) is 48.5 Å². The van der Waals surface area contributed by atoms with E-state index in [1.165, 1.54) is 0 Å². The van der Waals surface area contributed by atoms with E-state index < -0.39 is 0 Å². The van der Waals surface area contributed by atoms with Crippen LogP contribution in [0.4, 0.5) is 5.69 Å². The Bertz CT molecular complexity index is 768. The second-order valence-corrected chi connectivity index (χ2v) is 5.55. The Kier molecular flexibility index (Phi) is 3.69. The van der Waals surface area contributed by atoms with E-state index in [9.17, 15) is 4.79 Å². The lowest BCUT2D eigenvalue weighted by Crippen LogP contribution is -2.13. The summed E-state index contributed by atoms with van der Waals surface area (Å²) in [6.07, 6.45) is 0. The van der Waals surface area contributed by atoms with Crippen LogP contribution in [0.25, 0.3) is 10.8 Å². The first-order chi connectivity index (χ1) is 9.75. The third-order valence-corrected chi connectivity index (χ3v) is 4.30. The van der Waals surface area contributed by atoms with E-state index in [0.717, 1.165) is 20.0 Å². The third kappa shape index (κ3) is 2.54. The van der Waals surface area contributed by atoms with Gasteiger partial charge >= 0.3 is 0 Å². The lowest BCUT2D eigenvalue weighted by molar-refractivity contribution is 0.102. The molecule has 3 aromatic rings. The molecule has 0 spiro atoms. The van der Waals surface area contributed by atoms with Gasteiger partial charge in [-0.3, -0.25) is 4.79 Å². The maximum Gasteiger partial charge on any atom is 0.256 e. The summed E-state index contributed by atoms with van der Waals surface area (Å²) in [4.78, 5) is 12.4. The molecule has 0 aliphatic heterocycles. The van der Waals surface area contributed by atoms with Gasteiger partial charge in [0, 0.05) is 9.26 Å². The molecule has 3 heteroatoms. The van der Waals surface area contributed by atoms with E-state index >= 15 is 0 Å². The number of rotatable bonds is 2. The van der Waals surface area contributed by atoms with Crippen molar-refractivity contribution in [3.63, 3.8) is 0 Å². The normalized spacial score (nSPS) is 10.4. The minimum atomic E-state index is -0.0775. The molecule has 0 saturated carbocycles. The van der Waals surface area contributed by atoms with Crippen molar-refractivity contribution in [2.75, 3.05) is 5.32 Å². The predicted molar refractivity (Wildman–Crippen MR) is 91.1 cm³/mol. The number of halogens is 1. The number of anilines is 1. The van der Waals surface area contributed by atoms with Crippen molar-refractivity contribution in [1.29, 1.82) is 0 Å². The highest BCUT2D eigenvalue weighted by molar-refractivity contribution is 14.1. The molecule has 0 radical (unpaired) electrons. The molecule has 0 bridgehead atoms. The first kappa shape index (κ1) is 13.1. The first-order valence-corrected chi connectivity index (χ1v) is 7.37. The van der Waals surface area contributed by atoms with E-state index in [0.29, 0.717) is 5.56 Å². The topological polar surface area (TPSA) is 29.1 Å². The van der Waals surface area contributed by atoms with E-state index in [1.807, 2.05) is 60.7 Å². The predicted octanol–water partition coefficient (Wildman–Crippen LogP) is 4.70. The molecule has 0 unspecified atom stereocenters. The third-order valence-electron chi connectivity index (χ3n) is 3.14. The van der Waals surface area contributed by atoms with Gasteiger partial charge < -0.3 is 5.32 Å². The molecule has 2 nitrogen and oxygen atoms in total. The zero-order valence-corrected chi connectivity index (χ0v) is 12.8. The quantitative estimate of drug-likeness (QED) is 0.649. The lowest BCUT2D eigenvalue weighted by atomic mass is 10.1. The lowest BCUT2D eigenvalue weighted by Gasteiger charge is -2.09. The van der Waals surface area contributed by atoms with Crippen LogP contribution in [0.5, 0.6) is 0 Å². The van der Waals surface area contributed by atoms with Crippen LogP contribution in [0.3, 0.4) is 0 Å². The number of nitrogens with one attached hydrogen (secondary N) is 1. The molecular formula is C17H12INO. The molecule has 1 amide bonds. The molecule has 0 atom stereocenters. The fourth-order valence-corrected chi connectivity index (χ4v) is 3.04. The molecular weight excluding hydrogens is 361 g/mol. The number of carbonyl (C=O) groups excluding carboxylic acids is 1. The van der Waals surface area contributed by atoms with Crippen LogP contribution >= 0.6 is 22.6 Å². The molecule has 0 saturated heterocycles. The average Bonchev–Trinajstić information content (AvgIpc) is 2.49. The number of hydrogen-bond donors (Lipinski definition) is 1. The fourth-order valence-electron chi connectivity index (χ4n) is 2.13. The van der Waals surface area contributed by atoms with Crippen LogP contribution in [-0.2, 0) is 0 Å². The van der Waals surface area contributed by atoms with Gasteiger partial charge in [-0.2, -0.15) is 0 Å². The molecule has 1 N–H and O–H groups in total. The molecule has 3 rings (SSSR count). The van der Waals surface area contributed by atoms with Gasteiger partial charge in [0.15, 0.2) is 0 Å². The molecule has 0 fully saturated rings. The van der Waals surface area contributed by atoms with Crippen molar-refractivity contribution in [3.05, 3.63) is 75.9 Å². The highest BCUT2D eigenvalue weighted by Crippen LogP contribution is 2.24. The minimum Gasteiger partial charge on any atom is -0.322 e. The highest BCUT2D eigenvalue weighted by atomic mass is 127. The number of carbonyl (C=O) groups is 1. The van der Waals surface area contributed by atoms with Gasteiger partial charge in [0.25, 0.3) is 5.91 Å². The Balaban J connectivity index is 1.98. The molecule has 0 aliphatic carbocycles. The Morgan fingerprint density at radius 2 is 1.55 bits per heavy atom. The maximum absolute atomic E-state index is 12.4. The van der Waals surface area contributed by atoms with Crippen LogP contribution in [0.2, 0.25) is 0 Å². The first-order valence-electron chi connectivity index (χ1n) is 6.29. The van der Waals surface area contributed by atoms with Gasteiger partial charge in [0.1, 0.15) is 0 Å². The molecule has 0 heterocycles. The van der Waals surface area contributed by atoms with Crippen molar-refractivity contribution in [2.24, 2.45) is 0 Å². The van der Waals surface area contributed by atoms with Gasteiger partial charge in [-0.15, -0.1) is 0 Å². The van der Waals surface area contributed by atoms with Crippen LogP contribution in [0.15, 0.2) is 66.7 Å². The Hall–Kier alpha value is -1.88. The van der Waals surface area contributed by atoms with E-state index in [-0.39, 0.29) is 5.91 Å². The number of benzene rings is 3. The number of amides is 1. The summed E-state index contributed by atoms with van der Waals surface area (Å²) >= 11 is 2.24. The molecule has 20 heavy (non-hydrogen) atoms. The molecule has 0 aromatic heterocycles. The molecule has 3 aromatic carbocycles. The summed E-state index contributed by atoms with van der Waals surface area (Å²) in [6, 6.07) is 21.4. The summed E-state index contributed by atoms with van der Waals surface area (Å²) in [5, 5.41) is 5.17. The van der Waals surface area contributed by atoms with E-state index in [1.54, 1.807) is 0 Å². The van der Waals surface area contributed by atoms with Crippen LogP contribution in [-0.4, -0.2) is 5.91 Å².